The van der Waals surface area contributed by atoms with Crippen molar-refractivity contribution < 1.29 is 4.79 Å². The molecule has 2 amide bonds. The molecule has 1 aromatic heterocycles. The Bertz CT molecular complexity index is 790. The van der Waals surface area contributed by atoms with Crippen LogP contribution >= 0.6 is 0 Å². The van der Waals surface area contributed by atoms with Gasteiger partial charge in [-0.15, -0.1) is 0 Å². The molecule has 1 atom stereocenters. The number of urea groups is 1. The fraction of sp³-hybridized carbons (Fsp3) is 0.118. The van der Waals surface area contributed by atoms with E-state index in [9.17, 15) is 10.1 Å². The predicted octanol–water partition coefficient (Wildman–Crippen LogP) is 2.90. The van der Waals surface area contributed by atoms with Crippen LogP contribution in [0.2, 0.25) is 0 Å². The van der Waals surface area contributed by atoms with Gasteiger partial charge < -0.3 is 10.6 Å². The summed E-state index contributed by atoms with van der Waals surface area (Å²) < 4.78 is 0. The molecule has 1 aliphatic rings. The van der Waals surface area contributed by atoms with Crippen LogP contribution in [-0.4, -0.2) is 11.0 Å². The number of pyridine rings is 1. The van der Waals surface area contributed by atoms with E-state index in [4.69, 9.17) is 0 Å². The fourth-order valence-electron chi connectivity index (χ4n) is 2.52. The monoisotopic (exact) mass is 290 g/mol. The number of hydrogen-bond acceptors (Lipinski definition) is 3. The highest BCUT2D eigenvalue weighted by Gasteiger charge is 2.26. The number of amides is 2. The lowest BCUT2D eigenvalue weighted by Crippen LogP contribution is -2.43. The third-order valence-electron chi connectivity index (χ3n) is 3.60. The minimum Gasteiger partial charge on any atom is -0.326 e. The van der Waals surface area contributed by atoms with E-state index < -0.39 is 6.04 Å². The van der Waals surface area contributed by atoms with Gasteiger partial charge in [0, 0.05) is 18.1 Å². The van der Waals surface area contributed by atoms with E-state index in [0.29, 0.717) is 11.3 Å². The molecule has 1 aliphatic heterocycles. The van der Waals surface area contributed by atoms with Gasteiger partial charge >= 0.3 is 6.03 Å². The molecule has 2 aromatic rings. The van der Waals surface area contributed by atoms with E-state index in [-0.39, 0.29) is 6.03 Å². The number of benzene rings is 1. The summed E-state index contributed by atoms with van der Waals surface area (Å²) in [6.45, 7) is 1.73. The average Bonchev–Trinajstić information content (AvgIpc) is 2.55. The molecule has 0 aliphatic carbocycles. The molecular weight excluding hydrogens is 276 g/mol. The predicted molar refractivity (Wildman–Crippen MR) is 82.4 cm³/mol. The maximum absolute atomic E-state index is 11.7. The largest absolute Gasteiger partial charge is 0.326 e. The van der Waals surface area contributed by atoms with Crippen molar-refractivity contribution in [1.82, 2.24) is 15.6 Å². The molecule has 0 bridgehead atoms. The standard InChI is InChI=1S/C17H14N4O/c1-11-15(9-18)16(21-17(22)20-11)13-5-2-4-12(8-13)14-6-3-7-19-10-14/h2-8,10,16H,1H3,(H2,20,21,22). The molecule has 2 heterocycles. The van der Waals surface area contributed by atoms with E-state index in [1.165, 1.54) is 0 Å². The van der Waals surface area contributed by atoms with Crippen LogP contribution in [0.15, 0.2) is 60.1 Å². The quantitative estimate of drug-likeness (QED) is 0.892. The molecule has 1 unspecified atom stereocenters. The van der Waals surface area contributed by atoms with E-state index in [0.717, 1.165) is 16.7 Å². The second kappa shape index (κ2) is 5.70. The van der Waals surface area contributed by atoms with Crippen LogP contribution in [0.3, 0.4) is 0 Å². The Morgan fingerprint density at radius 1 is 1.23 bits per heavy atom. The van der Waals surface area contributed by atoms with Gasteiger partial charge in [-0.2, -0.15) is 5.26 Å². The summed E-state index contributed by atoms with van der Waals surface area (Å²) in [5, 5.41) is 14.8. The molecule has 22 heavy (non-hydrogen) atoms. The maximum atomic E-state index is 11.7. The Morgan fingerprint density at radius 3 is 2.77 bits per heavy atom. The van der Waals surface area contributed by atoms with Crippen LogP contribution in [0, 0.1) is 11.3 Å². The molecule has 2 N–H and O–H groups in total. The lowest BCUT2D eigenvalue weighted by Gasteiger charge is -2.26. The van der Waals surface area contributed by atoms with Gasteiger partial charge in [0.1, 0.15) is 0 Å². The van der Waals surface area contributed by atoms with Crippen LogP contribution in [0.5, 0.6) is 0 Å². The summed E-state index contributed by atoms with van der Waals surface area (Å²) in [6, 6.07) is 13.0. The van der Waals surface area contributed by atoms with Crippen molar-refractivity contribution in [2.45, 2.75) is 13.0 Å². The Kier molecular flexibility index (Phi) is 3.58. The van der Waals surface area contributed by atoms with Gasteiger partial charge in [-0.3, -0.25) is 4.98 Å². The van der Waals surface area contributed by atoms with Crippen molar-refractivity contribution in [3.05, 3.63) is 65.6 Å². The fourth-order valence-corrected chi connectivity index (χ4v) is 2.52. The molecule has 5 heteroatoms. The number of nitrogens with zero attached hydrogens (tertiary/aromatic N) is 2. The number of carbonyl (C=O) groups is 1. The Hall–Kier alpha value is -3.13. The number of carbonyl (C=O) groups excluding carboxylic acids is 1. The van der Waals surface area contributed by atoms with Crippen molar-refractivity contribution in [2.75, 3.05) is 0 Å². The van der Waals surface area contributed by atoms with Crippen LogP contribution in [0.1, 0.15) is 18.5 Å². The van der Waals surface area contributed by atoms with E-state index in [2.05, 4.69) is 21.7 Å². The molecule has 3 rings (SSSR count). The first-order valence-corrected chi connectivity index (χ1v) is 6.88. The van der Waals surface area contributed by atoms with Gasteiger partial charge in [-0.25, -0.2) is 4.79 Å². The van der Waals surface area contributed by atoms with Gasteiger partial charge in [0.15, 0.2) is 0 Å². The molecule has 108 valence electrons. The van der Waals surface area contributed by atoms with E-state index in [1.54, 1.807) is 19.3 Å². The zero-order valence-electron chi connectivity index (χ0n) is 12.0. The van der Waals surface area contributed by atoms with Gasteiger partial charge in [0.2, 0.25) is 0 Å². The first kappa shape index (κ1) is 13.8. The number of nitriles is 1. The molecule has 0 fully saturated rings. The molecule has 0 spiro atoms. The number of allylic oxidation sites excluding steroid dienone is 1. The van der Waals surface area contributed by atoms with Crippen molar-refractivity contribution in [3.8, 4) is 17.2 Å². The number of nitrogens with one attached hydrogen (secondary N) is 2. The molecular formula is C17H14N4O. The second-order valence-corrected chi connectivity index (χ2v) is 5.05. The summed E-state index contributed by atoms with van der Waals surface area (Å²) in [5.74, 6) is 0. The van der Waals surface area contributed by atoms with Gasteiger partial charge in [0.05, 0.1) is 17.7 Å². The summed E-state index contributed by atoms with van der Waals surface area (Å²) in [4.78, 5) is 15.8. The zero-order chi connectivity index (χ0) is 15.5. The molecule has 1 aromatic carbocycles. The van der Waals surface area contributed by atoms with Gasteiger partial charge in [0.25, 0.3) is 0 Å². The lowest BCUT2D eigenvalue weighted by atomic mass is 9.94. The van der Waals surface area contributed by atoms with Crippen LogP contribution < -0.4 is 10.6 Å². The maximum Gasteiger partial charge on any atom is 0.319 e. The van der Waals surface area contributed by atoms with Gasteiger partial charge in [-0.1, -0.05) is 24.3 Å². The van der Waals surface area contributed by atoms with Crippen molar-refractivity contribution in [2.24, 2.45) is 0 Å². The minimum absolute atomic E-state index is 0.298. The first-order valence-electron chi connectivity index (χ1n) is 6.88. The van der Waals surface area contributed by atoms with Crippen molar-refractivity contribution >= 4 is 6.03 Å². The van der Waals surface area contributed by atoms with Crippen molar-refractivity contribution in [1.29, 1.82) is 5.26 Å². The van der Waals surface area contributed by atoms with Crippen LogP contribution in [0.25, 0.3) is 11.1 Å². The summed E-state index contributed by atoms with van der Waals surface area (Å²) in [6.07, 6.45) is 3.51. The number of rotatable bonds is 2. The Balaban J connectivity index is 2.04. The Labute approximate surface area is 128 Å². The summed E-state index contributed by atoms with van der Waals surface area (Å²) >= 11 is 0. The van der Waals surface area contributed by atoms with Gasteiger partial charge in [-0.05, 0) is 35.7 Å². The lowest BCUT2D eigenvalue weighted by molar-refractivity contribution is 0.239. The van der Waals surface area contributed by atoms with E-state index in [1.807, 2.05) is 36.4 Å². The number of aromatic nitrogens is 1. The normalized spacial score (nSPS) is 17.5. The zero-order valence-corrected chi connectivity index (χ0v) is 12.0. The molecule has 0 saturated carbocycles. The van der Waals surface area contributed by atoms with E-state index >= 15 is 0 Å². The third-order valence-corrected chi connectivity index (χ3v) is 3.60. The van der Waals surface area contributed by atoms with Crippen LogP contribution in [-0.2, 0) is 0 Å². The minimum atomic E-state index is -0.435. The third kappa shape index (κ3) is 2.54. The Morgan fingerprint density at radius 2 is 2.05 bits per heavy atom. The second-order valence-electron chi connectivity index (χ2n) is 5.05. The van der Waals surface area contributed by atoms with Crippen LogP contribution in [0.4, 0.5) is 4.79 Å². The summed E-state index contributed by atoms with van der Waals surface area (Å²) in [5.41, 5.74) is 3.95. The highest BCUT2D eigenvalue weighted by atomic mass is 16.2. The SMILES string of the molecule is CC1=C(C#N)C(c2cccc(-c3cccnc3)c2)NC(=O)N1. The smallest absolute Gasteiger partial charge is 0.319 e. The molecule has 5 nitrogen and oxygen atoms in total. The number of hydrogen-bond donors (Lipinski definition) is 2. The molecule has 0 radical (unpaired) electrons. The van der Waals surface area contributed by atoms with Crippen molar-refractivity contribution in [3.63, 3.8) is 0 Å². The summed E-state index contributed by atoms with van der Waals surface area (Å²) in [7, 11) is 0. The molecule has 0 saturated heterocycles. The first-order chi connectivity index (χ1) is 10.7. The average molecular weight is 290 g/mol. The highest BCUT2D eigenvalue weighted by Crippen LogP contribution is 2.29. The highest BCUT2D eigenvalue weighted by molar-refractivity contribution is 5.79. The topological polar surface area (TPSA) is 77.8 Å².